The first-order valence-electron chi connectivity index (χ1n) is 3.71. The van der Waals surface area contributed by atoms with E-state index in [9.17, 15) is 14.0 Å². The van der Waals surface area contributed by atoms with Gasteiger partial charge in [-0.2, -0.15) is 0 Å². The molecule has 0 aromatic heterocycles. The van der Waals surface area contributed by atoms with Crippen molar-refractivity contribution >= 4 is 17.5 Å². The molecule has 0 heterocycles. The van der Waals surface area contributed by atoms with Crippen LogP contribution in [0, 0.1) is 5.82 Å². The van der Waals surface area contributed by atoms with Crippen LogP contribution in [-0.4, -0.2) is 11.8 Å². The van der Waals surface area contributed by atoms with Crippen molar-refractivity contribution in [2.45, 2.75) is 0 Å². The van der Waals surface area contributed by atoms with Gasteiger partial charge in [-0.3, -0.25) is 15.0 Å². The molecular formula is C8H8FN3O2. The smallest absolute Gasteiger partial charge is 0.318 e. The summed E-state index contributed by atoms with van der Waals surface area (Å²) in [5.41, 5.74) is 1.99. The maximum absolute atomic E-state index is 12.4. The summed E-state index contributed by atoms with van der Waals surface area (Å²) < 4.78 is 12.4. The van der Waals surface area contributed by atoms with Crippen LogP contribution in [0.25, 0.3) is 0 Å². The van der Waals surface area contributed by atoms with Gasteiger partial charge >= 0.3 is 11.8 Å². The number of benzene rings is 1. The Morgan fingerprint density at radius 1 is 1.14 bits per heavy atom. The van der Waals surface area contributed by atoms with Crippen molar-refractivity contribution in [2.24, 2.45) is 5.84 Å². The van der Waals surface area contributed by atoms with E-state index in [0.29, 0.717) is 5.69 Å². The van der Waals surface area contributed by atoms with E-state index in [1.807, 2.05) is 0 Å². The Balaban J connectivity index is 2.65. The molecule has 0 unspecified atom stereocenters. The standard InChI is InChI=1S/C8H8FN3O2/c9-5-1-3-6(4-2-5)11-7(13)8(14)12-10/h1-4H,10H2,(H,11,13)(H,12,14). The molecule has 1 aromatic rings. The molecule has 0 saturated carbocycles. The highest BCUT2D eigenvalue weighted by Gasteiger charge is 2.11. The lowest BCUT2D eigenvalue weighted by Crippen LogP contribution is -2.39. The lowest BCUT2D eigenvalue weighted by Gasteiger charge is -2.02. The second-order valence-electron chi connectivity index (χ2n) is 2.43. The average molecular weight is 197 g/mol. The molecule has 0 fully saturated rings. The van der Waals surface area contributed by atoms with Gasteiger partial charge in [0.25, 0.3) is 0 Å². The number of halogens is 1. The minimum atomic E-state index is -0.964. The minimum Gasteiger partial charge on any atom is -0.318 e. The lowest BCUT2D eigenvalue weighted by atomic mass is 10.3. The van der Waals surface area contributed by atoms with E-state index in [1.54, 1.807) is 5.43 Å². The van der Waals surface area contributed by atoms with Crippen molar-refractivity contribution in [1.82, 2.24) is 5.43 Å². The molecule has 0 atom stereocenters. The van der Waals surface area contributed by atoms with Crippen molar-refractivity contribution in [2.75, 3.05) is 5.32 Å². The Morgan fingerprint density at radius 2 is 1.71 bits per heavy atom. The number of anilines is 1. The summed E-state index contributed by atoms with van der Waals surface area (Å²) in [5.74, 6) is 2.44. The Labute approximate surface area is 79.1 Å². The topological polar surface area (TPSA) is 84.2 Å². The number of hydrogen-bond acceptors (Lipinski definition) is 3. The van der Waals surface area contributed by atoms with Crippen LogP contribution in [0.3, 0.4) is 0 Å². The first-order valence-corrected chi connectivity index (χ1v) is 3.71. The van der Waals surface area contributed by atoms with Crippen molar-refractivity contribution in [3.63, 3.8) is 0 Å². The second kappa shape index (κ2) is 4.33. The molecule has 2 amide bonds. The van der Waals surface area contributed by atoms with Gasteiger partial charge in [-0.15, -0.1) is 0 Å². The number of nitrogens with one attached hydrogen (secondary N) is 2. The van der Waals surface area contributed by atoms with E-state index < -0.39 is 17.6 Å². The van der Waals surface area contributed by atoms with Gasteiger partial charge in [0.1, 0.15) is 5.82 Å². The highest BCUT2D eigenvalue weighted by Crippen LogP contribution is 2.07. The fourth-order valence-corrected chi connectivity index (χ4v) is 0.787. The summed E-state index contributed by atoms with van der Waals surface area (Å²) >= 11 is 0. The molecule has 6 heteroatoms. The molecule has 1 aromatic carbocycles. The first kappa shape index (κ1) is 10.1. The quantitative estimate of drug-likeness (QED) is 0.251. The molecule has 0 bridgehead atoms. The molecule has 5 nitrogen and oxygen atoms in total. The second-order valence-corrected chi connectivity index (χ2v) is 2.43. The Bertz CT molecular complexity index is 350. The summed E-state index contributed by atoms with van der Waals surface area (Å²) in [6.07, 6.45) is 0. The number of hydrazine groups is 1. The van der Waals surface area contributed by atoms with E-state index in [0.717, 1.165) is 12.1 Å². The summed E-state index contributed by atoms with van der Waals surface area (Å²) in [7, 11) is 0. The summed E-state index contributed by atoms with van der Waals surface area (Å²) in [4.78, 5) is 21.6. The fourth-order valence-electron chi connectivity index (χ4n) is 0.787. The van der Waals surface area contributed by atoms with Crippen LogP contribution in [0.1, 0.15) is 0 Å². The molecule has 1 rings (SSSR count). The number of amides is 2. The summed E-state index contributed by atoms with van der Waals surface area (Å²) in [6, 6.07) is 4.99. The van der Waals surface area contributed by atoms with Crippen LogP contribution in [0.2, 0.25) is 0 Å². The summed E-state index contributed by atoms with van der Waals surface area (Å²) in [6.45, 7) is 0. The van der Waals surface area contributed by atoms with Crippen LogP contribution in [-0.2, 0) is 9.59 Å². The largest absolute Gasteiger partial charge is 0.323 e. The number of carbonyl (C=O) groups is 2. The molecule has 4 N–H and O–H groups in total. The first-order chi connectivity index (χ1) is 6.63. The van der Waals surface area contributed by atoms with Gasteiger partial charge in [0.15, 0.2) is 0 Å². The molecule has 0 aliphatic heterocycles. The van der Waals surface area contributed by atoms with E-state index >= 15 is 0 Å². The highest BCUT2D eigenvalue weighted by molar-refractivity contribution is 6.39. The van der Waals surface area contributed by atoms with Crippen molar-refractivity contribution < 1.29 is 14.0 Å². The van der Waals surface area contributed by atoms with Crippen molar-refractivity contribution in [3.8, 4) is 0 Å². The monoisotopic (exact) mass is 197 g/mol. The zero-order valence-electron chi connectivity index (χ0n) is 7.08. The van der Waals surface area contributed by atoms with Gasteiger partial charge in [0.2, 0.25) is 0 Å². The third kappa shape index (κ3) is 2.53. The molecule has 0 aliphatic carbocycles. The van der Waals surface area contributed by atoms with Crippen LogP contribution in [0.5, 0.6) is 0 Å². The molecule has 0 aliphatic rings. The number of carbonyl (C=O) groups excluding carboxylic acids is 2. The predicted octanol–water partition coefficient (Wildman–Crippen LogP) is -0.246. The SMILES string of the molecule is NNC(=O)C(=O)Nc1ccc(F)cc1. The van der Waals surface area contributed by atoms with Crippen LogP contribution < -0.4 is 16.6 Å². The normalized spacial score (nSPS) is 9.29. The Morgan fingerprint density at radius 3 is 2.21 bits per heavy atom. The number of nitrogens with two attached hydrogens (primary N) is 1. The fraction of sp³-hybridized carbons (Fsp3) is 0. The predicted molar refractivity (Wildman–Crippen MR) is 47.4 cm³/mol. The number of hydrogen-bond donors (Lipinski definition) is 3. The van der Waals surface area contributed by atoms with Gasteiger partial charge < -0.3 is 5.32 Å². The molecule has 0 spiro atoms. The number of rotatable bonds is 1. The van der Waals surface area contributed by atoms with Crippen LogP contribution >= 0.6 is 0 Å². The van der Waals surface area contributed by atoms with Gasteiger partial charge in [-0.05, 0) is 24.3 Å². The van der Waals surface area contributed by atoms with Gasteiger partial charge in [0, 0.05) is 5.69 Å². The zero-order chi connectivity index (χ0) is 10.6. The van der Waals surface area contributed by atoms with Gasteiger partial charge in [-0.1, -0.05) is 0 Å². The van der Waals surface area contributed by atoms with Gasteiger partial charge in [0.05, 0.1) is 0 Å². The molecule has 0 saturated heterocycles. The lowest BCUT2D eigenvalue weighted by molar-refractivity contribution is -0.136. The minimum absolute atomic E-state index is 0.319. The third-order valence-corrected chi connectivity index (χ3v) is 1.44. The third-order valence-electron chi connectivity index (χ3n) is 1.44. The maximum Gasteiger partial charge on any atom is 0.323 e. The Hall–Kier alpha value is -1.95. The van der Waals surface area contributed by atoms with E-state index in [1.165, 1.54) is 12.1 Å². The maximum atomic E-state index is 12.4. The van der Waals surface area contributed by atoms with Crippen molar-refractivity contribution in [1.29, 1.82) is 0 Å². The molecular weight excluding hydrogens is 189 g/mol. The van der Waals surface area contributed by atoms with Crippen LogP contribution in [0.4, 0.5) is 10.1 Å². The Kier molecular flexibility index (Phi) is 3.14. The van der Waals surface area contributed by atoms with E-state index in [2.05, 4.69) is 5.32 Å². The van der Waals surface area contributed by atoms with Crippen molar-refractivity contribution in [3.05, 3.63) is 30.1 Å². The molecule has 0 radical (unpaired) electrons. The molecule has 14 heavy (non-hydrogen) atoms. The van der Waals surface area contributed by atoms with Gasteiger partial charge in [-0.25, -0.2) is 10.2 Å². The highest BCUT2D eigenvalue weighted by atomic mass is 19.1. The zero-order valence-corrected chi connectivity index (χ0v) is 7.08. The van der Waals surface area contributed by atoms with E-state index in [-0.39, 0.29) is 0 Å². The summed E-state index contributed by atoms with van der Waals surface area (Å²) in [5, 5.41) is 2.22. The van der Waals surface area contributed by atoms with E-state index in [4.69, 9.17) is 5.84 Å². The average Bonchev–Trinajstić information content (AvgIpc) is 2.20. The van der Waals surface area contributed by atoms with Crippen LogP contribution in [0.15, 0.2) is 24.3 Å². The molecule has 74 valence electrons.